The Labute approximate surface area is 127 Å². The number of carboxylic acids is 1. The Kier molecular flexibility index (Phi) is 6.10. The van der Waals surface area contributed by atoms with Crippen molar-refractivity contribution in [2.24, 2.45) is 0 Å². The summed E-state index contributed by atoms with van der Waals surface area (Å²) in [7, 11) is 1.56. The zero-order chi connectivity index (χ0) is 16.0. The summed E-state index contributed by atoms with van der Waals surface area (Å²) in [5.41, 5.74) is -0.588. The summed E-state index contributed by atoms with van der Waals surface area (Å²) in [4.78, 5) is 27.2. The maximum atomic E-state index is 11.8. The molecule has 0 bridgehead atoms. The van der Waals surface area contributed by atoms with Gasteiger partial charge < -0.3 is 20.5 Å². The quantitative estimate of drug-likeness (QED) is 0.620. The summed E-state index contributed by atoms with van der Waals surface area (Å²) >= 11 is 1.28. The number of rotatable bonds is 8. The molecular formula is C13H21N3O4S. The molecule has 3 N–H and O–H groups in total. The van der Waals surface area contributed by atoms with Crippen LogP contribution in [0.25, 0.3) is 0 Å². The SMILES string of the molecule is COCCNC(=O)C(C)Nc1nc(C(C)(C)C(=O)O)cs1. The van der Waals surface area contributed by atoms with Crippen LogP contribution in [0.2, 0.25) is 0 Å². The van der Waals surface area contributed by atoms with Crippen LogP contribution >= 0.6 is 11.3 Å². The topological polar surface area (TPSA) is 101 Å². The molecule has 1 aromatic heterocycles. The standard InChI is InChI=1S/C13H21N3O4S/c1-8(10(17)14-5-6-20-4)15-12-16-9(7-21-12)13(2,3)11(18)19/h7-8H,5-6H2,1-4H3,(H,14,17)(H,15,16)(H,18,19). The molecular weight excluding hydrogens is 294 g/mol. The molecule has 1 heterocycles. The Balaban J connectivity index is 2.62. The van der Waals surface area contributed by atoms with E-state index < -0.39 is 17.4 Å². The first-order chi connectivity index (χ1) is 9.78. The molecule has 0 fully saturated rings. The van der Waals surface area contributed by atoms with Gasteiger partial charge in [0, 0.05) is 19.0 Å². The van der Waals surface area contributed by atoms with Gasteiger partial charge in [-0.15, -0.1) is 11.3 Å². The average Bonchev–Trinajstić information content (AvgIpc) is 2.87. The summed E-state index contributed by atoms with van der Waals surface area (Å²) in [6, 6.07) is -0.464. The third kappa shape index (κ3) is 4.68. The molecule has 0 aliphatic carbocycles. The molecule has 0 spiro atoms. The predicted molar refractivity (Wildman–Crippen MR) is 80.7 cm³/mol. The molecule has 0 saturated heterocycles. The van der Waals surface area contributed by atoms with Crippen LogP contribution in [0, 0.1) is 0 Å². The first-order valence-electron chi connectivity index (χ1n) is 6.51. The summed E-state index contributed by atoms with van der Waals surface area (Å²) in [6.45, 7) is 5.79. The Hall–Kier alpha value is -1.67. The van der Waals surface area contributed by atoms with Gasteiger partial charge in [-0.1, -0.05) is 0 Å². The molecule has 21 heavy (non-hydrogen) atoms. The first-order valence-corrected chi connectivity index (χ1v) is 7.39. The van der Waals surface area contributed by atoms with E-state index in [1.165, 1.54) is 11.3 Å². The molecule has 118 valence electrons. The fourth-order valence-electron chi connectivity index (χ4n) is 1.42. The lowest BCUT2D eigenvalue weighted by Gasteiger charge is -2.16. The molecule has 0 aromatic carbocycles. The molecule has 1 amide bonds. The normalized spacial score (nSPS) is 12.8. The predicted octanol–water partition coefficient (Wildman–Crippen LogP) is 1.07. The third-order valence-electron chi connectivity index (χ3n) is 3.02. The summed E-state index contributed by atoms with van der Waals surface area (Å²) in [5, 5.41) is 17.0. The van der Waals surface area contributed by atoms with Crippen molar-refractivity contribution in [1.29, 1.82) is 0 Å². The van der Waals surface area contributed by atoms with Crippen molar-refractivity contribution in [2.45, 2.75) is 32.2 Å². The smallest absolute Gasteiger partial charge is 0.315 e. The Morgan fingerprint density at radius 2 is 2.19 bits per heavy atom. The van der Waals surface area contributed by atoms with Crippen LogP contribution in [0.3, 0.4) is 0 Å². The highest BCUT2D eigenvalue weighted by Crippen LogP contribution is 2.27. The molecule has 7 nitrogen and oxygen atoms in total. The summed E-state index contributed by atoms with van der Waals surface area (Å²) in [5.74, 6) is -1.11. The number of thiazole rings is 1. The van der Waals surface area contributed by atoms with Crippen LogP contribution in [-0.4, -0.2) is 48.3 Å². The van der Waals surface area contributed by atoms with Crippen LogP contribution in [0.5, 0.6) is 0 Å². The van der Waals surface area contributed by atoms with Gasteiger partial charge >= 0.3 is 5.97 Å². The number of aromatic nitrogens is 1. The van der Waals surface area contributed by atoms with Crippen molar-refractivity contribution in [3.63, 3.8) is 0 Å². The lowest BCUT2D eigenvalue weighted by atomic mass is 9.90. The minimum absolute atomic E-state index is 0.165. The fourth-order valence-corrected chi connectivity index (χ4v) is 2.38. The van der Waals surface area contributed by atoms with Crippen molar-refractivity contribution in [2.75, 3.05) is 25.6 Å². The fraction of sp³-hybridized carbons (Fsp3) is 0.615. The summed E-state index contributed by atoms with van der Waals surface area (Å²) in [6.07, 6.45) is 0. The van der Waals surface area contributed by atoms with Crippen molar-refractivity contribution < 1.29 is 19.4 Å². The molecule has 0 aliphatic heterocycles. The van der Waals surface area contributed by atoms with Gasteiger partial charge in [-0.05, 0) is 20.8 Å². The minimum Gasteiger partial charge on any atom is -0.481 e. The Bertz CT molecular complexity index is 501. The second-order valence-corrected chi connectivity index (χ2v) is 5.98. The highest BCUT2D eigenvalue weighted by atomic mass is 32.1. The monoisotopic (exact) mass is 315 g/mol. The molecule has 0 aliphatic rings. The number of methoxy groups -OCH3 is 1. The van der Waals surface area contributed by atoms with Crippen LogP contribution in [0.1, 0.15) is 26.5 Å². The second kappa shape index (κ2) is 7.37. The van der Waals surface area contributed by atoms with Crippen LogP contribution in [-0.2, 0) is 19.7 Å². The Morgan fingerprint density at radius 3 is 2.76 bits per heavy atom. The summed E-state index contributed by atoms with van der Waals surface area (Å²) < 4.78 is 4.85. The molecule has 1 atom stereocenters. The molecule has 1 rings (SSSR count). The van der Waals surface area contributed by atoms with Gasteiger partial charge in [0.25, 0.3) is 0 Å². The van der Waals surface area contributed by atoms with Gasteiger partial charge in [0.1, 0.15) is 11.5 Å². The number of aliphatic carboxylic acids is 1. The number of ether oxygens (including phenoxy) is 1. The maximum absolute atomic E-state index is 11.8. The third-order valence-corrected chi connectivity index (χ3v) is 3.79. The minimum atomic E-state index is -1.06. The number of carboxylic acid groups (broad SMARTS) is 1. The first kappa shape index (κ1) is 17.4. The van der Waals surface area contributed by atoms with E-state index in [4.69, 9.17) is 9.84 Å². The number of carbonyl (C=O) groups is 2. The van der Waals surface area contributed by atoms with E-state index in [1.807, 2.05) is 0 Å². The van der Waals surface area contributed by atoms with Gasteiger partial charge in [0.15, 0.2) is 5.13 Å². The number of carbonyl (C=O) groups excluding carboxylic acids is 1. The molecule has 1 unspecified atom stereocenters. The van der Waals surface area contributed by atoms with Crippen LogP contribution < -0.4 is 10.6 Å². The number of amides is 1. The molecule has 0 radical (unpaired) electrons. The van der Waals surface area contributed by atoms with Crippen LogP contribution in [0.4, 0.5) is 5.13 Å². The number of hydrogen-bond acceptors (Lipinski definition) is 6. The molecule has 0 saturated carbocycles. The number of anilines is 1. The van der Waals surface area contributed by atoms with E-state index in [-0.39, 0.29) is 5.91 Å². The molecule has 8 heteroatoms. The lowest BCUT2D eigenvalue weighted by molar-refractivity contribution is -0.142. The lowest BCUT2D eigenvalue weighted by Crippen LogP contribution is -2.39. The van der Waals surface area contributed by atoms with Gasteiger partial charge in [-0.2, -0.15) is 0 Å². The number of nitrogens with one attached hydrogen (secondary N) is 2. The van der Waals surface area contributed by atoms with E-state index in [0.29, 0.717) is 24.0 Å². The second-order valence-electron chi connectivity index (χ2n) is 5.12. The zero-order valence-electron chi connectivity index (χ0n) is 12.6. The highest BCUT2D eigenvalue weighted by molar-refractivity contribution is 7.13. The van der Waals surface area contributed by atoms with E-state index in [9.17, 15) is 9.59 Å². The van der Waals surface area contributed by atoms with Crippen molar-refractivity contribution in [1.82, 2.24) is 10.3 Å². The number of hydrogen-bond donors (Lipinski definition) is 3. The molecule has 1 aromatic rings. The van der Waals surface area contributed by atoms with Crippen molar-refractivity contribution >= 4 is 28.3 Å². The van der Waals surface area contributed by atoms with Gasteiger partial charge in [-0.3, -0.25) is 9.59 Å². The van der Waals surface area contributed by atoms with E-state index in [0.717, 1.165) is 0 Å². The maximum Gasteiger partial charge on any atom is 0.315 e. The van der Waals surface area contributed by atoms with Crippen molar-refractivity contribution in [3.05, 3.63) is 11.1 Å². The largest absolute Gasteiger partial charge is 0.481 e. The highest BCUT2D eigenvalue weighted by Gasteiger charge is 2.32. The van der Waals surface area contributed by atoms with E-state index >= 15 is 0 Å². The van der Waals surface area contributed by atoms with E-state index in [2.05, 4.69) is 15.6 Å². The zero-order valence-corrected chi connectivity index (χ0v) is 13.4. The van der Waals surface area contributed by atoms with E-state index in [1.54, 1.807) is 33.3 Å². The van der Waals surface area contributed by atoms with Crippen LogP contribution in [0.15, 0.2) is 5.38 Å². The van der Waals surface area contributed by atoms with Crippen molar-refractivity contribution in [3.8, 4) is 0 Å². The number of nitrogens with zero attached hydrogens (tertiary/aromatic N) is 1. The van der Waals surface area contributed by atoms with Gasteiger partial charge in [0.05, 0.1) is 12.3 Å². The Morgan fingerprint density at radius 1 is 1.52 bits per heavy atom. The van der Waals surface area contributed by atoms with Gasteiger partial charge in [0.2, 0.25) is 5.91 Å². The van der Waals surface area contributed by atoms with Gasteiger partial charge in [-0.25, -0.2) is 4.98 Å². The average molecular weight is 315 g/mol.